The quantitative estimate of drug-likeness (QED) is 0.775. The molecule has 1 aliphatic heterocycles. The van der Waals surface area contributed by atoms with E-state index in [0.29, 0.717) is 11.6 Å². The van der Waals surface area contributed by atoms with Gasteiger partial charge in [0.25, 0.3) is 0 Å². The van der Waals surface area contributed by atoms with Gasteiger partial charge in [-0.15, -0.1) is 0 Å². The number of halogens is 2. The smallest absolute Gasteiger partial charge is 0.410 e. The Morgan fingerprint density at radius 1 is 1.47 bits per heavy atom. The summed E-state index contributed by atoms with van der Waals surface area (Å²) in [5.74, 6) is -0.378. The molecule has 0 spiro atoms. The van der Waals surface area contributed by atoms with Gasteiger partial charge in [0.2, 0.25) is 0 Å². The van der Waals surface area contributed by atoms with Gasteiger partial charge < -0.3 is 9.64 Å². The summed E-state index contributed by atoms with van der Waals surface area (Å²) in [6, 6.07) is 4.12. The number of hydrogen-bond donors (Lipinski definition) is 0. The van der Waals surface area contributed by atoms with Gasteiger partial charge in [0.15, 0.2) is 0 Å². The van der Waals surface area contributed by atoms with Gasteiger partial charge >= 0.3 is 6.09 Å². The zero-order valence-electron chi connectivity index (χ0n) is 11.2. The summed E-state index contributed by atoms with van der Waals surface area (Å²) < 4.78 is 18.3. The average Bonchev–Trinajstić information content (AvgIpc) is 2.17. The summed E-state index contributed by atoms with van der Waals surface area (Å²) in [7, 11) is 0. The Hall–Kier alpha value is -1.29. The topological polar surface area (TPSA) is 29.5 Å². The molecule has 0 bridgehead atoms. The lowest BCUT2D eigenvalue weighted by Crippen LogP contribution is -2.47. The van der Waals surface area contributed by atoms with Crippen LogP contribution in [-0.2, 0) is 4.74 Å². The first-order valence-electron chi connectivity index (χ1n) is 6.22. The zero-order valence-corrected chi connectivity index (χ0v) is 12.0. The summed E-state index contributed by atoms with van der Waals surface area (Å²) in [5, 5.41) is 0.346. The van der Waals surface area contributed by atoms with Gasteiger partial charge in [0.1, 0.15) is 11.4 Å². The molecule has 1 aliphatic rings. The number of nitrogens with zero attached hydrogens (tertiary/aromatic N) is 1. The van der Waals surface area contributed by atoms with Gasteiger partial charge in [-0.1, -0.05) is 17.7 Å². The summed E-state index contributed by atoms with van der Waals surface area (Å²) in [4.78, 5) is 13.6. The highest BCUT2D eigenvalue weighted by Gasteiger charge is 2.37. The molecule has 19 heavy (non-hydrogen) atoms. The number of carbonyl (C=O) groups is 1. The van der Waals surface area contributed by atoms with Crippen LogP contribution in [0, 0.1) is 5.82 Å². The van der Waals surface area contributed by atoms with Gasteiger partial charge in [-0.2, -0.15) is 0 Å². The number of rotatable bonds is 1. The molecular formula is C14H17ClFNO2. The largest absolute Gasteiger partial charge is 0.444 e. The van der Waals surface area contributed by atoms with Gasteiger partial charge in [-0.3, -0.25) is 0 Å². The van der Waals surface area contributed by atoms with Crippen molar-refractivity contribution in [3.63, 3.8) is 0 Å². The third-order valence-corrected chi connectivity index (χ3v) is 3.30. The Morgan fingerprint density at radius 3 is 2.63 bits per heavy atom. The lowest BCUT2D eigenvalue weighted by Gasteiger charge is -2.41. The van der Waals surface area contributed by atoms with Crippen LogP contribution in [0.25, 0.3) is 0 Å². The number of hydrogen-bond acceptors (Lipinski definition) is 2. The molecule has 1 heterocycles. The highest BCUT2D eigenvalue weighted by atomic mass is 35.5. The Kier molecular flexibility index (Phi) is 3.72. The second-order valence-corrected chi connectivity index (χ2v) is 6.05. The molecule has 1 unspecified atom stereocenters. The Morgan fingerprint density at radius 2 is 2.16 bits per heavy atom. The molecule has 3 nitrogen and oxygen atoms in total. The maximum Gasteiger partial charge on any atom is 0.410 e. The van der Waals surface area contributed by atoms with Crippen LogP contribution < -0.4 is 0 Å². The molecule has 1 fully saturated rings. The SMILES string of the molecule is CC(C)(C)OC(=O)N1CCC1c1ccc(F)cc1Cl. The number of carbonyl (C=O) groups excluding carboxylic acids is 1. The minimum absolute atomic E-state index is 0.122. The second-order valence-electron chi connectivity index (χ2n) is 5.64. The van der Waals surface area contributed by atoms with Crippen LogP contribution in [0.15, 0.2) is 18.2 Å². The molecule has 1 atom stereocenters. The molecule has 0 aliphatic carbocycles. The molecule has 1 aromatic carbocycles. The standard InChI is InChI=1S/C14H17ClFNO2/c1-14(2,3)19-13(18)17-7-6-12(17)10-5-4-9(16)8-11(10)15/h4-5,8,12H,6-7H2,1-3H3. The van der Waals surface area contributed by atoms with Crippen molar-refractivity contribution < 1.29 is 13.9 Å². The molecule has 0 saturated carbocycles. The number of benzene rings is 1. The van der Waals surface area contributed by atoms with Crippen LogP contribution in [-0.4, -0.2) is 23.1 Å². The zero-order chi connectivity index (χ0) is 14.2. The first-order chi connectivity index (χ1) is 8.78. The van der Waals surface area contributed by atoms with Gasteiger partial charge in [-0.05, 0) is 44.9 Å². The van der Waals surface area contributed by atoms with E-state index in [0.717, 1.165) is 12.0 Å². The fourth-order valence-electron chi connectivity index (χ4n) is 2.02. The van der Waals surface area contributed by atoms with Crippen molar-refractivity contribution in [1.29, 1.82) is 0 Å². The summed E-state index contributed by atoms with van der Waals surface area (Å²) >= 11 is 6.02. The summed E-state index contributed by atoms with van der Waals surface area (Å²) in [5.41, 5.74) is 0.240. The molecule has 0 radical (unpaired) electrons. The van der Waals surface area contributed by atoms with Crippen LogP contribution in [0.4, 0.5) is 9.18 Å². The molecule has 5 heteroatoms. The highest BCUT2D eigenvalue weighted by Crippen LogP contribution is 2.38. The van der Waals surface area contributed by atoms with Crippen LogP contribution in [0.3, 0.4) is 0 Å². The van der Waals surface area contributed by atoms with Crippen molar-refractivity contribution in [2.75, 3.05) is 6.54 Å². The normalized spacial score (nSPS) is 19.0. The number of likely N-dealkylation sites (tertiary alicyclic amines) is 1. The minimum Gasteiger partial charge on any atom is -0.444 e. The summed E-state index contributed by atoms with van der Waals surface area (Å²) in [6.45, 7) is 6.10. The lowest BCUT2D eigenvalue weighted by atomic mass is 9.95. The predicted molar refractivity (Wildman–Crippen MR) is 71.7 cm³/mol. The molecule has 1 amide bonds. The Labute approximate surface area is 117 Å². The molecule has 2 rings (SSSR count). The fraction of sp³-hybridized carbons (Fsp3) is 0.500. The number of amides is 1. The van der Waals surface area contributed by atoms with Crippen molar-refractivity contribution in [3.8, 4) is 0 Å². The molecular weight excluding hydrogens is 269 g/mol. The van der Waals surface area contributed by atoms with Crippen molar-refractivity contribution in [2.45, 2.75) is 38.8 Å². The fourth-order valence-corrected chi connectivity index (χ4v) is 2.31. The molecule has 0 N–H and O–H groups in total. The maximum absolute atomic E-state index is 13.0. The van der Waals surface area contributed by atoms with E-state index in [1.54, 1.807) is 11.0 Å². The molecule has 1 aromatic rings. The van der Waals surface area contributed by atoms with Crippen molar-refractivity contribution in [2.24, 2.45) is 0 Å². The van der Waals surface area contributed by atoms with E-state index in [1.165, 1.54) is 12.1 Å². The first kappa shape index (κ1) is 14.1. The van der Waals surface area contributed by atoms with E-state index >= 15 is 0 Å². The third-order valence-electron chi connectivity index (χ3n) is 2.97. The third kappa shape index (κ3) is 3.18. The van der Waals surface area contributed by atoms with Crippen molar-refractivity contribution in [1.82, 2.24) is 4.90 Å². The van der Waals surface area contributed by atoms with Crippen molar-refractivity contribution in [3.05, 3.63) is 34.6 Å². The Balaban J connectivity index is 2.12. The predicted octanol–water partition coefficient (Wildman–Crippen LogP) is 4.16. The van der Waals surface area contributed by atoms with Crippen LogP contribution in [0.1, 0.15) is 38.8 Å². The van der Waals surface area contributed by atoms with Crippen LogP contribution in [0.2, 0.25) is 5.02 Å². The summed E-state index contributed by atoms with van der Waals surface area (Å²) in [6.07, 6.45) is 0.453. The minimum atomic E-state index is -0.524. The van der Waals surface area contributed by atoms with E-state index in [4.69, 9.17) is 16.3 Å². The van der Waals surface area contributed by atoms with Gasteiger partial charge in [-0.25, -0.2) is 9.18 Å². The second kappa shape index (κ2) is 5.00. The monoisotopic (exact) mass is 285 g/mol. The van der Waals surface area contributed by atoms with E-state index in [1.807, 2.05) is 20.8 Å². The van der Waals surface area contributed by atoms with Gasteiger partial charge in [0.05, 0.1) is 6.04 Å². The first-order valence-corrected chi connectivity index (χ1v) is 6.60. The maximum atomic E-state index is 13.0. The molecule has 104 valence electrons. The van der Waals surface area contributed by atoms with E-state index in [2.05, 4.69) is 0 Å². The van der Waals surface area contributed by atoms with Crippen LogP contribution >= 0.6 is 11.6 Å². The lowest BCUT2D eigenvalue weighted by molar-refractivity contribution is -0.00572. The van der Waals surface area contributed by atoms with E-state index in [-0.39, 0.29) is 18.0 Å². The van der Waals surface area contributed by atoms with E-state index in [9.17, 15) is 9.18 Å². The van der Waals surface area contributed by atoms with Crippen LogP contribution in [0.5, 0.6) is 0 Å². The van der Waals surface area contributed by atoms with Gasteiger partial charge in [0, 0.05) is 11.6 Å². The average molecular weight is 286 g/mol. The highest BCUT2D eigenvalue weighted by molar-refractivity contribution is 6.31. The van der Waals surface area contributed by atoms with Crippen molar-refractivity contribution >= 4 is 17.7 Å². The molecule has 0 aromatic heterocycles. The molecule has 1 saturated heterocycles. The Bertz CT molecular complexity index is 499. The number of ether oxygens (including phenoxy) is 1. The van der Waals surface area contributed by atoms with E-state index < -0.39 is 5.60 Å².